The second-order valence-corrected chi connectivity index (χ2v) is 9.73. The molecule has 27 heavy (non-hydrogen) atoms. The summed E-state index contributed by atoms with van der Waals surface area (Å²) in [5.74, 6) is 1.09. The minimum atomic E-state index is -3.09. The van der Waals surface area contributed by atoms with Gasteiger partial charge in [0.05, 0.1) is 12.8 Å². The van der Waals surface area contributed by atoms with Crippen molar-refractivity contribution in [2.24, 2.45) is 10.9 Å². The van der Waals surface area contributed by atoms with E-state index in [9.17, 15) is 13.5 Å². The van der Waals surface area contributed by atoms with Crippen molar-refractivity contribution in [1.29, 1.82) is 0 Å². The highest BCUT2D eigenvalue weighted by Gasteiger charge is 2.25. The highest BCUT2D eigenvalue weighted by atomic mass is 127. The number of hydrogen-bond donors (Lipinski definition) is 3. The lowest BCUT2D eigenvalue weighted by atomic mass is 9.98. The van der Waals surface area contributed by atoms with Crippen LogP contribution in [-0.4, -0.2) is 62.8 Å². The Morgan fingerprint density at radius 2 is 2.07 bits per heavy atom. The number of aliphatic hydroxyl groups is 1. The molecule has 0 bridgehead atoms. The van der Waals surface area contributed by atoms with Crippen LogP contribution in [0.4, 0.5) is 0 Å². The molecule has 2 heterocycles. The second-order valence-electron chi connectivity index (χ2n) is 6.97. The molecule has 1 aliphatic rings. The fraction of sp³-hybridized carbons (Fsp3) is 0.706. The standard InChI is InChI=1S/C17H30N4O3S2.HI/c1-4-18-16(20-13-17(2,22)15-7-10-25-12-15)19-11-14-5-8-21(9-6-14)26(3,23)24;/h7,10,12,14,22H,4-6,8-9,11,13H2,1-3H3,(H2,18,19,20);1H. The molecule has 7 nitrogen and oxygen atoms in total. The van der Waals surface area contributed by atoms with Gasteiger partial charge in [-0.05, 0) is 55.0 Å². The summed E-state index contributed by atoms with van der Waals surface area (Å²) in [5, 5.41) is 21.0. The first-order valence-corrected chi connectivity index (χ1v) is 11.7. The van der Waals surface area contributed by atoms with Crippen LogP contribution in [0.25, 0.3) is 0 Å². The molecule has 3 N–H and O–H groups in total. The van der Waals surface area contributed by atoms with E-state index in [4.69, 9.17) is 0 Å². The van der Waals surface area contributed by atoms with Gasteiger partial charge in [-0.1, -0.05) is 0 Å². The minimum absolute atomic E-state index is 0. The van der Waals surface area contributed by atoms with E-state index in [0.717, 1.165) is 31.5 Å². The maximum atomic E-state index is 11.6. The van der Waals surface area contributed by atoms with Gasteiger partial charge in [0.25, 0.3) is 0 Å². The lowest BCUT2D eigenvalue weighted by Gasteiger charge is -2.30. The number of guanidine groups is 1. The van der Waals surface area contributed by atoms with Gasteiger partial charge in [-0.25, -0.2) is 17.7 Å². The first-order valence-electron chi connectivity index (χ1n) is 8.94. The fourth-order valence-electron chi connectivity index (χ4n) is 2.92. The molecule has 0 aromatic carbocycles. The second kappa shape index (κ2) is 10.9. The lowest BCUT2D eigenvalue weighted by molar-refractivity contribution is 0.0677. The van der Waals surface area contributed by atoms with Gasteiger partial charge < -0.3 is 15.7 Å². The molecule has 10 heteroatoms. The number of hydrogen-bond acceptors (Lipinski definition) is 5. The Morgan fingerprint density at radius 1 is 1.41 bits per heavy atom. The van der Waals surface area contributed by atoms with Crippen molar-refractivity contribution in [3.63, 3.8) is 0 Å². The summed E-state index contributed by atoms with van der Waals surface area (Å²) in [7, 11) is -3.09. The van der Waals surface area contributed by atoms with Crippen molar-refractivity contribution in [2.45, 2.75) is 32.3 Å². The van der Waals surface area contributed by atoms with Crippen molar-refractivity contribution in [3.8, 4) is 0 Å². The Bertz CT molecular complexity index is 685. The van der Waals surface area contributed by atoms with Crippen LogP contribution in [0.1, 0.15) is 32.3 Å². The number of sulfonamides is 1. The number of piperidine rings is 1. The van der Waals surface area contributed by atoms with Gasteiger partial charge in [-0.3, -0.25) is 0 Å². The molecule has 1 aliphatic heterocycles. The maximum Gasteiger partial charge on any atom is 0.211 e. The van der Waals surface area contributed by atoms with E-state index in [0.29, 0.717) is 25.0 Å². The molecular formula is C17H31IN4O3S2. The number of rotatable bonds is 7. The van der Waals surface area contributed by atoms with Crippen LogP contribution in [0.2, 0.25) is 0 Å². The quantitative estimate of drug-likeness (QED) is 0.284. The molecule has 0 saturated carbocycles. The molecule has 0 aliphatic carbocycles. The van der Waals surface area contributed by atoms with E-state index in [1.165, 1.54) is 6.26 Å². The van der Waals surface area contributed by atoms with Gasteiger partial charge in [0.15, 0.2) is 5.96 Å². The largest absolute Gasteiger partial charge is 0.383 e. The molecule has 2 rings (SSSR count). The van der Waals surface area contributed by atoms with Crippen molar-refractivity contribution in [2.75, 3.05) is 39.0 Å². The summed E-state index contributed by atoms with van der Waals surface area (Å²) in [6.07, 6.45) is 2.94. The highest BCUT2D eigenvalue weighted by molar-refractivity contribution is 14.0. The van der Waals surface area contributed by atoms with Gasteiger partial charge in [0.2, 0.25) is 10.0 Å². The smallest absolute Gasteiger partial charge is 0.211 e. The first-order chi connectivity index (χ1) is 12.2. The molecule has 1 aromatic heterocycles. The molecule has 0 amide bonds. The zero-order chi connectivity index (χ0) is 19.2. The predicted molar refractivity (Wildman–Crippen MR) is 122 cm³/mol. The highest BCUT2D eigenvalue weighted by Crippen LogP contribution is 2.23. The van der Waals surface area contributed by atoms with Crippen LogP contribution >= 0.6 is 35.3 Å². The Balaban J connectivity index is 0.00000364. The molecule has 0 spiro atoms. The number of aliphatic imine (C=N–C) groups is 1. The first kappa shape index (κ1) is 24.6. The Morgan fingerprint density at radius 3 is 2.59 bits per heavy atom. The molecular weight excluding hydrogens is 499 g/mol. The normalized spacial score (nSPS) is 19.2. The zero-order valence-corrected chi connectivity index (χ0v) is 20.1. The van der Waals surface area contributed by atoms with Crippen LogP contribution in [0.15, 0.2) is 21.8 Å². The number of nitrogens with zero attached hydrogens (tertiary/aromatic N) is 2. The van der Waals surface area contributed by atoms with Crippen LogP contribution < -0.4 is 10.6 Å². The SMILES string of the molecule is CCNC(=NCC(C)(O)c1ccsc1)NCC1CCN(S(C)(=O)=O)CC1.I. The molecule has 156 valence electrons. The fourth-order valence-corrected chi connectivity index (χ4v) is 4.58. The Hall–Kier alpha value is -0.430. The van der Waals surface area contributed by atoms with Crippen molar-refractivity contribution >= 4 is 51.3 Å². The van der Waals surface area contributed by atoms with E-state index in [-0.39, 0.29) is 30.5 Å². The molecule has 0 radical (unpaired) electrons. The van der Waals surface area contributed by atoms with Crippen molar-refractivity contribution < 1.29 is 13.5 Å². The van der Waals surface area contributed by atoms with E-state index >= 15 is 0 Å². The molecule has 1 unspecified atom stereocenters. The summed E-state index contributed by atoms with van der Waals surface area (Å²) in [6.45, 7) is 6.66. The third-order valence-corrected chi connectivity index (χ3v) is 6.62. The molecule has 1 aromatic rings. The van der Waals surface area contributed by atoms with Gasteiger partial charge in [0, 0.05) is 26.2 Å². The van der Waals surface area contributed by atoms with E-state index in [1.807, 2.05) is 23.8 Å². The van der Waals surface area contributed by atoms with Gasteiger partial charge in [0.1, 0.15) is 5.60 Å². The third-order valence-electron chi connectivity index (χ3n) is 4.63. The number of thiophene rings is 1. The monoisotopic (exact) mass is 530 g/mol. The Kier molecular flexibility index (Phi) is 9.97. The van der Waals surface area contributed by atoms with Crippen molar-refractivity contribution in [1.82, 2.24) is 14.9 Å². The maximum absolute atomic E-state index is 11.6. The van der Waals surface area contributed by atoms with Gasteiger partial charge >= 0.3 is 0 Å². The van der Waals surface area contributed by atoms with E-state index < -0.39 is 15.6 Å². The van der Waals surface area contributed by atoms with Gasteiger partial charge in [-0.2, -0.15) is 11.3 Å². The summed E-state index contributed by atoms with van der Waals surface area (Å²) in [6, 6.07) is 1.91. The topological polar surface area (TPSA) is 94.0 Å². The number of halogens is 1. The van der Waals surface area contributed by atoms with Crippen LogP contribution in [0.3, 0.4) is 0 Å². The number of nitrogens with one attached hydrogen (secondary N) is 2. The summed E-state index contributed by atoms with van der Waals surface area (Å²) in [5.41, 5.74) is -0.126. The third kappa shape index (κ3) is 7.84. The van der Waals surface area contributed by atoms with Gasteiger partial charge in [-0.15, -0.1) is 24.0 Å². The van der Waals surface area contributed by atoms with E-state index in [2.05, 4.69) is 15.6 Å². The van der Waals surface area contributed by atoms with Crippen LogP contribution in [-0.2, 0) is 15.6 Å². The lowest BCUT2D eigenvalue weighted by Crippen LogP contribution is -2.44. The van der Waals surface area contributed by atoms with Crippen LogP contribution in [0, 0.1) is 5.92 Å². The van der Waals surface area contributed by atoms with Crippen molar-refractivity contribution in [3.05, 3.63) is 22.4 Å². The summed E-state index contributed by atoms with van der Waals surface area (Å²) < 4.78 is 24.7. The average Bonchev–Trinajstić information content (AvgIpc) is 3.12. The summed E-state index contributed by atoms with van der Waals surface area (Å²) in [4.78, 5) is 4.52. The molecule has 1 saturated heterocycles. The van der Waals surface area contributed by atoms with E-state index in [1.54, 1.807) is 22.6 Å². The molecule has 1 fully saturated rings. The Labute approximate surface area is 183 Å². The minimum Gasteiger partial charge on any atom is -0.383 e. The van der Waals surface area contributed by atoms with Crippen LogP contribution in [0.5, 0.6) is 0 Å². The predicted octanol–water partition coefficient (Wildman–Crippen LogP) is 1.80. The average molecular weight is 530 g/mol. The zero-order valence-electron chi connectivity index (χ0n) is 16.1. The summed E-state index contributed by atoms with van der Waals surface area (Å²) >= 11 is 1.56. The molecule has 1 atom stereocenters.